The Bertz CT molecular complexity index is 566. The lowest BCUT2D eigenvalue weighted by Crippen LogP contribution is -2.18. The van der Waals surface area contributed by atoms with E-state index in [2.05, 4.69) is 24.3 Å². The Morgan fingerprint density at radius 3 is 2.85 bits per heavy atom. The van der Waals surface area contributed by atoms with Crippen LogP contribution in [0.25, 0.3) is 0 Å². The zero-order valence-electron chi connectivity index (χ0n) is 11.7. The van der Waals surface area contributed by atoms with Crippen molar-refractivity contribution in [1.82, 2.24) is 15.1 Å². The Kier molecular flexibility index (Phi) is 5.15. The molecule has 2 aromatic rings. The van der Waals surface area contributed by atoms with Crippen LogP contribution in [0.1, 0.15) is 25.0 Å². The van der Waals surface area contributed by atoms with Crippen LogP contribution in [0.5, 0.6) is 0 Å². The number of hydrogen-bond donors (Lipinski definition) is 1. The van der Waals surface area contributed by atoms with Gasteiger partial charge in [-0.2, -0.15) is 5.10 Å². The molecule has 0 atom stereocenters. The molecule has 1 aromatic heterocycles. The van der Waals surface area contributed by atoms with Gasteiger partial charge in [0.2, 0.25) is 0 Å². The molecule has 0 aliphatic carbocycles. The lowest BCUT2D eigenvalue weighted by molar-refractivity contribution is 0.552. The van der Waals surface area contributed by atoms with Crippen molar-refractivity contribution >= 4 is 11.6 Å². The minimum atomic E-state index is -0.394. The second kappa shape index (κ2) is 6.86. The number of rotatable bonds is 6. The molecule has 20 heavy (non-hydrogen) atoms. The fraction of sp³-hybridized carbons (Fsp3) is 0.400. The maximum Gasteiger partial charge on any atom is 0.141 e. The van der Waals surface area contributed by atoms with Crippen molar-refractivity contribution < 1.29 is 4.39 Å². The lowest BCUT2D eigenvalue weighted by Gasteiger charge is -2.05. The quantitative estimate of drug-likeness (QED) is 0.884. The molecule has 0 amide bonds. The monoisotopic (exact) mass is 295 g/mol. The van der Waals surface area contributed by atoms with E-state index in [0.717, 1.165) is 24.2 Å². The minimum Gasteiger partial charge on any atom is -0.312 e. The first-order chi connectivity index (χ1) is 9.54. The molecule has 0 saturated carbocycles. The molecular weight excluding hydrogens is 277 g/mol. The molecule has 0 unspecified atom stereocenters. The van der Waals surface area contributed by atoms with Gasteiger partial charge in [-0.05, 0) is 30.2 Å². The average Bonchev–Trinajstić information content (AvgIpc) is 2.81. The molecule has 2 rings (SSSR count). The number of nitrogens with zero attached hydrogens (tertiary/aromatic N) is 2. The smallest absolute Gasteiger partial charge is 0.141 e. The first-order valence-corrected chi connectivity index (χ1v) is 7.08. The van der Waals surface area contributed by atoms with Gasteiger partial charge in [-0.15, -0.1) is 0 Å². The van der Waals surface area contributed by atoms with Gasteiger partial charge in [0, 0.05) is 18.3 Å². The maximum atomic E-state index is 13.1. The molecule has 3 nitrogen and oxygen atoms in total. The zero-order chi connectivity index (χ0) is 14.5. The summed E-state index contributed by atoms with van der Waals surface area (Å²) >= 11 is 5.77. The number of halogens is 2. The van der Waals surface area contributed by atoms with E-state index in [0.29, 0.717) is 12.5 Å². The van der Waals surface area contributed by atoms with Gasteiger partial charge in [-0.25, -0.2) is 4.39 Å². The van der Waals surface area contributed by atoms with E-state index in [4.69, 9.17) is 11.6 Å². The van der Waals surface area contributed by atoms with Gasteiger partial charge in [0.05, 0.1) is 17.8 Å². The fourth-order valence-corrected chi connectivity index (χ4v) is 2.12. The summed E-state index contributed by atoms with van der Waals surface area (Å²) in [7, 11) is 0. The van der Waals surface area contributed by atoms with Gasteiger partial charge in [-0.1, -0.05) is 31.5 Å². The predicted molar refractivity (Wildman–Crippen MR) is 79.3 cm³/mol. The standard InChI is InChI=1S/C15H19ClFN3/c1-11(2)6-18-7-13-8-19-20(10-13)9-12-3-4-15(17)14(16)5-12/h3-5,8,10-11,18H,6-7,9H2,1-2H3. The summed E-state index contributed by atoms with van der Waals surface area (Å²) in [4.78, 5) is 0. The lowest BCUT2D eigenvalue weighted by atomic mass is 10.2. The van der Waals surface area contributed by atoms with Crippen LogP contribution in [0.2, 0.25) is 5.02 Å². The van der Waals surface area contributed by atoms with Crippen molar-refractivity contribution in [1.29, 1.82) is 0 Å². The molecule has 0 aliphatic rings. The van der Waals surface area contributed by atoms with Crippen LogP contribution in [0, 0.1) is 11.7 Å². The Balaban J connectivity index is 1.93. The first kappa shape index (κ1) is 15.0. The zero-order valence-corrected chi connectivity index (χ0v) is 12.5. The van der Waals surface area contributed by atoms with Crippen LogP contribution in [-0.4, -0.2) is 16.3 Å². The van der Waals surface area contributed by atoms with E-state index in [1.54, 1.807) is 12.1 Å². The topological polar surface area (TPSA) is 29.9 Å². The Morgan fingerprint density at radius 2 is 2.15 bits per heavy atom. The second-order valence-corrected chi connectivity index (χ2v) is 5.73. The number of aromatic nitrogens is 2. The van der Waals surface area contributed by atoms with Crippen LogP contribution in [0.3, 0.4) is 0 Å². The van der Waals surface area contributed by atoms with E-state index in [1.807, 2.05) is 17.1 Å². The van der Waals surface area contributed by atoms with E-state index >= 15 is 0 Å². The summed E-state index contributed by atoms with van der Waals surface area (Å²) in [6, 6.07) is 4.74. The number of nitrogens with one attached hydrogen (secondary N) is 1. The Hall–Kier alpha value is -1.39. The fourth-order valence-electron chi connectivity index (χ4n) is 1.91. The molecule has 1 N–H and O–H groups in total. The average molecular weight is 296 g/mol. The van der Waals surface area contributed by atoms with Crippen LogP contribution >= 0.6 is 11.6 Å². The molecular formula is C15H19ClFN3. The van der Waals surface area contributed by atoms with Crippen molar-refractivity contribution in [2.45, 2.75) is 26.9 Å². The van der Waals surface area contributed by atoms with Crippen LogP contribution in [0.15, 0.2) is 30.6 Å². The minimum absolute atomic E-state index is 0.147. The summed E-state index contributed by atoms with van der Waals surface area (Å²) in [5, 5.41) is 7.82. The van der Waals surface area contributed by atoms with Crippen molar-refractivity contribution in [3.63, 3.8) is 0 Å². The summed E-state index contributed by atoms with van der Waals surface area (Å²) in [5.74, 6) is 0.237. The Labute approximate surface area is 123 Å². The normalized spacial score (nSPS) is 11.2. The van der Waals surface area contributed by atoms with Crippen molar-refractivity contribution in [3.05, 3.63) is 52.6 Å². The molecule has 0 aliphatic heterocycles. The van der Waals surface area contributed by atoms with E-state index in [9.17, 15) is 4.39 Å². The maximum absolute atomic E-state index is 13.1. The molecule has 1 aromatic carbocycles. The van der Waals surface area contributed by atoms with Gasteiger partial charge in [0.15, 0.2) is 0 Å². The van der Waals surface area contributed by atoms with Gasteiger partial charge < -0.3 is 5.32 Å². The highest BCUT2D eigenvalue weighted by atomic mass is 35.5. The van der Waals surface area contributed by atoms with Crippen LogP contribution < -0.4 is 5.32 Å². The molecule has 1 heterocycles. The molecule has 0 bridgehead atoms. The third kappa shape index (κ3) is 4.32. The first-order valence-electron chi connectivity index (χ1n) is 6.70. The van der Waals surface area contributed by atoms with E-state index in [-0.39, 0.29) is 5.02 Å². The molecule has 5 heteroatoms. The molecule has 108 valence electrons. The van der Waals surface area contributed by atoms with E-state index in [1.165, 1.54) is 6.07 Å². The van der Waals surface area contributed by atoms with Crippen LogP contribution in [0.4, 0.5) is 4.39 Å². The number of benzene rings is 1. The summed E-state index contributed by atoms with van der Waals surface area (Å²) in [6.07, 6.45) is 3.84. The van der Waals surface area contributed by atoms with Gasteiger partial charge in [0.25, 0.3) is 0 Å². The van der Waals surface area contributed by atoms with Crippen molar-refractivity contribution in [2.24, 2.45) is 5.92 Å². The highest BCUT2D eigenvalue weighted by Crippen LogP contribution is 2.16. The highest BCUT2D eigenvalue weighted by molar-refractivity contribution is 6.30. The third-order valence-corrected chi connectivity index (χ3v) is 3.19. The van der Waals surface area contributed by atoms with Crippen molar-refractivity contribution in [2.75, 3.05) is 6.54 Å². The summed E-state index contributed by atoms with van der Waals surface area (Å²) < 4.78 is 14.9. The van der Waals surface area contributed by atoms with E-state index < -0.39 is 5.82 Å². The van der Waals surface area contributed by atoms with Crippen LogP contribution in [-0.2, 0) is 13.1 Å². The molecule has 0 spiro atoms. The van der Waals surface area contributed by atoms with Gasteiger partial charge >= 0.3 is 0 Å². The Morgan fingerprint density at radius 1 is 1.35 bits per heavy atom. The third-order valence-electron chi connectivity index (χ3n) is 2.90. The van der Waals surface area contributed by atoms with Crippen molar-refractivity contribution in [3.8, 4) is 0 Å². The van der Waals surface area contributed by atoms with Gasteiger partial charge in [-0.3, -0.25) is 4.68 Å². The predicted octanol–water partition coefficient (Wildman–Crippen LogP) is 3.47. The molecule has 0 fully saturated rings. The largest absolute Gasteiger partial charge is 0.312 e. The second-order valence-electron chi connectivity index (χ2n) is 5.32. The van der Waals surface area contributed by atoms with Gasteiger partial charge in [0.1, 0.15) is 5.82 Å². The summed E-state index contributed by atoms with van der Waals surface area (Å²) in [5.41, 5.74) is 2.07. The molecule has 0 saturated heterocycles. The number of hydrogen-bond acceptors (Lipinski definition) is 2. The molecule has 0 radical (unpaired) electrons. The highest BCUT2D eigenvalue weighted by Gasteiger charge is 2.03. The SMILES string of the molecule is CC(C)CNCc1cnn(Cc2ccc(F)c(Cl)c2)c1. The summed E-state index contributed by atoms with van der Waals surface area (Å²) in [6.45, 7) is 6.73.